The summed E-state index contributed by atoms with van der Waals surface area (Å²) < 4.78 is 12.0. The van der Waals surface area contributed by atoms with E-state index < -0.39 is 17.9 Å². The fraction of sp³-hybridized carbons (Fsp3) is 0.250. The second kappa shape index (κ2) is 8.22. The maximum atomic E-state index is 12.7. The van der Waals surface area contributed by atoms with Gasteiger partial charge in [-0.1, -0.05) is 29.8 Å². The van der Waals surface area contributed by atoms with Gasteiger partial charge in [-0.2, -0.15) is 0 Å². The van der Waals surface area contributed by atoms with Crippen molar-refractivity contribution in [2.45, 2.75) is 19.8 Å². The van der Waals surface area contributed by atoms with Gasteiger partial charge in [0.15, 0.2) is 5.92 Å². The third-order valence-electron chi connectivity index (χ3n) is 4.00. The summed E-state index contributed by atoms with van der Waals surface area (Å²) in [5.41, 5.74) is 2.25. The zero-order valence-electron chi connectivity index (χ0n) is 15.0. The molecule has 1 aromatic carbocycles. The fourth-order valence-electron chi connectivity index (χ4n) is 2.88. The molecular weight excluding hydrogens is 368 g/mol. The number of hydrogen-bond donors (Lipinski definition) is 0. The van der Waals surface area contributed by atoms with Crippen molar-refractivity contribution in [2.75, 3.05) is 13.2 Å². The molecule has 0 atom stereocenters. The second-order valence-corrected chi connectivity index (χ2v) is 6.15. The van der Waals surface area contributed by atoms with E-state index in [-0.39, 0.29) is 13.2 Å². The van der Waals surface area contributed by atoms with Crippen LogP contribution in [0.5, 0.6) is 0 Å². The molecule has 0 aliphatic heterocycles. The van der Waals surface area contributed by atoms with Crippen molar-refractivity contribution in [3.05, 3.63) is 59.4 Å². The normalized spacial score (nSPS) is 11.0. The van der Waals surface area contributed by atoms with Gasteiger partial charge in [-0.25, -0.2) is 4.98 Å². The van der Waals surface area contributed by atoms with Crippen LogP contribution < -0.4 is 0 Å². The first-order valence-corrected chi connectivity index (χ1v) is 9.00. The first-order chi connectivity index (χ1) is 13.1. The van der Waals surface area contributed by atoms with Crippen molar-refractivity contribution >= 4 is 29.2 Å². The number of carbonyl (C=O) groups is 2. The average Bonchev–Trinajstić information content (AvgIpc) is 3.02. The van der Waals surface area contributed by atoms with Crippen molar-refractivity contribution < 1.29 is 19.1 Å². The number of esters is 2. The number of aromatic nitrogens is 2. The Labute approximate surface area is 161 Å². The van der Waals surface area contributed by atoms with Crippen molar-refractivity contribution in [2.24, 2.45) is 0 Å². The van der Waals surface area contributed by atoms with Gasteiger partial charge in [-0.15, -0.1) is 0 Å². The summed E-state index contributed by atoms with van der Waals surface area (Å²) in [5.74, 6) is -2.58. The smallest absolute Gasteiger partial charge is 0.326 e. The second-order valence-electron chi connectivity index (χ2n) is 5.72. The maximum Gasteiger partial charge on any atom is 0.326 e. The van der Waals surface area contributed by atoms with Gasteiger partial charge in [0.1, 0.15) is 5.65 Å². The summed E-state index contributed by atoms with van der Waals surface area (Å²) in [6.45, 7) is 3.69. The summed E-state index contributed by atoms with van der Waals surface area (Å²) in [5, 5.41) is 0.580. The van der Waals surface area contributed by atoms with Crippen LogP contribution in [0.15, 0.2) is 48.7 Å². The van der Waals surface area contributed by atoms with Gasteiger partial charge in [0.05, 0.1) is 24.6 Å². The largest absolute Gasteiger partial charge is 0.465 e. The molecule has 0 spiro atoms. The fourth-order valence-corrected chi connectivity index (χ4v) is 3.01. The zero-order valence-corrected chi connectivity index (χ0v) is 15.8. The van der Waals surface area contributed by atoms with Crippen LogP contribution in [0.4, 0.5) is 0 Å². The SMILES string of the molecule is CCOC(=O)C(C(=O)OCC)c1c(-c2ccc(Cl)cc2)nc2ccccn12. The minimum atomic E-state index is -1.24. The van der Waals surface area contributed by atoms with Gasteiger partial charge < -0.3 is 13.9 Å². The number of rotatable bonds is 6. The molecule has 6 nitrogen and oxygen atoms in total. The molecule has 0 aliphatic carbocycles. The number of fused-ring (bicyclic) bond motifs is 1. The van der Waals surface area contributed by atoms with E-state index in [1.54, 1.807) is 60.8 Å². The van der Waals surface area contributed by atoms with Gasteiger partial charge >= 0.3 is 11.9 Å². The predicted molar refractivity (Wildman–Crippen MR) is 102 cm³/mol. The third-order valence-corrected chi connectivity index (χ3v) is 4.25. The molecule has 27 heavy (non-hydrogen) atoms. The van der Waals surface area contributed by atoms with E-state index in [0.717, 1.165) is 5.56 Å². The molecule has 2 aromatic heterocycles. The first kappa shape index (κ1) is 18.9. The summed E-state index contributed by atoms with van der Waals surface area (Å²) in [7, 11) is 0. The van der Waals surface area contributed by atoms with Crippen molar-refractivity contribution in [3.63, 3.8) is 0 Å². The highest BCUT2D eigenvalue weighted by molar-refractivity contribution is 6.30. The minimum absolute atomic E-state index is 0.155. The van der Waals surface area contributed by atoms with Crippen molar-refractivity contribution in [1.82, 2.24) is 9.38 Å². The Hall–Kier alpha value is -2.86. The van der Waals surface area contributed by atoms with Crippen molar-refractivity contribution in [1.29, 1.82) is 0 Å². The molecule has 3 aromatic rings. The highest BCUT2D eigenvalue weighted by Gasteiger charge is 2.37. The Morgan fingerprint density at radius 1 is 1.04 bits per heavy atom. The van der Waals surface area contributed by atoms with Gasteiger partial charge in [0, 0.05) is 16.8 Å². The predicted octanol–water partition coefficient (Wildman–Crippen LogP) is 3.86. The van der Waals surface area contributed by atoms with Crippen molar-refractivity contribution in [3.8, 4) is 11.3 Å². The van der Waals surface area contributed by atoms with E-state index in [0.29, 0.717) is 22.1 Å². The molecule has 0 fully saturated rings. The number of carbonyl (C=O) groups excluding carboxylic acids is 2. The molecule has 3 rings (SSSR count). The maximum absolute atomic E-state index is 12.7. The van der Waals surface area contributed by atoms with Gasteiger partial charge in [0.2, 0.25) is 0 Å². The summed E-state index contributed by atoms with van der Waals surface area (Å²) in [6.07, 6.45) is 1.75. The molecule has 0 saturated carbocycles. The van der Waals surface area contributed by atoms with Crippen LogP contribution in [0, 0.1) is 0 Å². The Morgan fingerprint density at radius 2 is 1.67 bits per heavy atom. The number of hydrogen-bond acceptors (Lipinski definition) is 5. The number of benzene rings is 1. The van der Waals surface area contributed by atoms with Crippen LogP contribution in [-0.2, 0) is 19.1 Å². The number of ether oxygens (including phenoxy) is 2. The molecule has 0 amide bonds. The summed E-state index contributed by atoms with van der Waals surface area (Å²) in [6, 6.07) is 12.5. The Balaban J connectivity index is 2.25. The minimum Gasteiger partial charge on any atom is -0.465 e. The first-order valence-electron chi connectivity index (χ1n) is 8.63. The average molecular weight is 387 g/mol. The Bertz CT molecular complexity index is 948. The molecule has 0 N–H and O–H groups in total. The lowest BCUT2D eigenvalue weighted by molar-refractivity contribution is -0.157. The van der Waals surface area contributed by atoms with Gasteiger partial charge in [-0.3, -0.25) is 9.59 Å². The lowest BCUT2D eigenvalue weighted by atomic mass is 9.99. The van der Waals surface area contributed by atoms with Crippen LogP contribution in [0.25, 0.3) is 16.9 Å². The standard InChI is InChI=1S/C20H19ClN2O4/c1-3-26-19(24)16(20(25)27-4-2)18-17(13-8-10-14(21)11-9-13)22-15-7-5-6-12-23(15)18/h5-12,16H,3-4H2,1-2H3. The molecule has 0 saturated heterocycles. The molecule has 2 heterocycles. The molecular formula is C20H19ClN2O4. The van der Waals surface area contributed by atoms with E-state index in [1.807, 2.05) is 6.07 Å². The van der Waals surface area contributed by atoms with Crippen LogP contribution in [0.2, 0.25) is 5.02 Å². The van der Waals surface area contributed by atoms with E-state index in [9.17, 15) is 9.59 Å². The number of pyridine rings is 1. The zero-order chi connectivity index (χ0) is 19.4. The third kappa shape index (κ3) is 3.80. The monoisotopic (exact) mass is 386 g/mol. The molecule has 140 valence electrons. The summed E-state index contributed by atoms with van der Waals surface area (Å²) in [4.78, 5) is 29.9. The summed E-state index contributed by atoms with van der Waals surface area (Å²) >= 11 is 5.99. The lowest BCUT2D eigenvalue weighted by Crippen LogP contribution is -2.27. The molecule has 0 unspecified atom stereocenters. The highest BCUT2D eigenvalue weighted by Crippen LogP contribution is 2.32. The van der Waals surface area contributed by atoms with E-state index in [4.69, 9.17) is 21.1 Å². The van der Waals surface area contributed by atoms with Crippen LogP contribution in [0.1, 0.15) is 25.5 Å². The lowest BCUT2D eigenvalue weighted by Gasteiger charge is -2.16. The van der Waals surface area contributed by atoms with E-state index in [2.05, 4.69) is 4.98 Å². The van der Waals surface area contributed by atoms with Crippen LogP contribution in [-0.4, -0.2) is 34.5 Å². The number of halogens is 1. The topological polar surface area (TPSA) is 69.9 Å². The van der Waals surface area contributed by atoms with Gasteiger partial charge in [0.25, 0.3) is 0 Å². The van der Waals surface area contributed by atoms with Crippen LogP contribution in [0.3, 0.4) is 0 Å². The number of nitrogens with zero attached hydrogens (tertiary/aromatic N) is 2. The highest BCUT2D eigenvalue weighted by atomic mass is 35.5. The Morgan fingerprint density at radius 3 is 2.26 bits per heavy atom. The van der Waals surface area contributed by atoms with Crippen LogP contribution >= 0.6 is 11.6 Å². The number of imidazole rings is 1. The molecule has 0 aliphatic rings. The van der Waals surface area contributed by atoms with E-state index in [1.165, 1.54) is 0 Å². The Kier molecular flexibility index (Phi) is 5.76. The molecule has 7 heteroatoms. The quantitative estimate of drug-likeness (QED) is 0.475. The molecule has 0 bridgehead atoms. The van der Waals surface area contributed by atoms with E-state index >= 15 is 0 Å². The van der Waals surface area contributed by atoms with Gasteiger partial charge in [-0.05, 0) is 38.1 Å². The molecule has 0 radical (unpaired) electrons.